The second kappa shape index (κ2) is 4.49. The molecule has 2 aromatic rings. The van der Waals surface area contributed by atoms with Gasteiger partial charge < -0.3 is 5.11 Å². The van der Waals surface area contributed by atoms with E-state index in [0.717, 1.165) is 0 Å². The van der Waals surface area contributed by atoms with Crippen molar-refractivity contribution in [2.24, 2.45) is 0 Å². The molecule has 0 spiro atoms. The zero-order valence-corrected chi connectivity index (χ0v) is 10.0. The van der Waals surface area contributed by atoms with Crippen molar-refractivity contribution in [3.63, 3.8) is 0 Å². The Kier molecular flexibility index (Phi) is 3.23. The van der Waals surface area contributed by atoms with Crippen LogP contribution in [0.2, 0.25) is 5.02 Å². The minimum absolute atomic E-state index is 0.325. The third-order valence-corrected chi connectivity index (χ3v) is 3.32. The van der Waals surface area contributed by atoms with E-state index >= 15 is 0 Å². The number of benzene rings is 1. The van der Waals surface area contributed by atoms with Crippen molar-refractivity contribution >= 4 is 22.9 Å². The van der Waals surface area contributed by atoms with E-state index in [1.807, 2.05) is 0 Å². The molecule has 1 N–H and O–H groups in total. The number of nitrogens with zero attached hydrogens (tertiary/aromatic N) is 1. The molecule has 1 heterocycles. The quantitative estimate of drug-likeness (QED) is 0.891. The van der Waals surface area contributed by atoms with Gasteiger partial charge in [0.1, 0.15) is 10.8 Å². The Morgan fingerprint density at radius 1 is 1.50 bits per heavy atom. The number of rotatable bonds is 2. The van der Waals surface area contributed by atoms with Crippen LogP contribution in [0.15, 0.2) is 23.6 Å². The van der Waals surface area contributed by atoms with Crippen molar-refractivity contribution in [1.82, 2.24) is 4.98 Å². The molecule has 5 heteroatoms. The second-order valence-electron chi connectivity index (χ2n) is 3.38. The molecule has 1 aromatic carbocycles. The molecule has 1 unspecified atom stereocenters. The summed E-state index contributed by atoms with van der Waals surface area (Å²) in [4.78, 5) is 4.23. The minimum Gasteiger partial charge on any atom is -0.387 e. The maximum atomic E-state index is 12.9. The molecule has 0 radical (unpaired) electrons. The molecule has 1 aromatic heterocycles. The van der Waals surface area contributed by atoms with Gasteiger partial charge >= 0.3 is 0 Å². The standard InChI is InChI=1S/C11H9ClFNOS/c1-6(15)10-5-16-11(14-10)8-3-2-7(13)4-9(8)12/h2-6,15H,1H3. The van der Waals surface area contributed by atoms with Crippen molar-refractivity contribution in [1.29, 1.82) is 0 Å². The summed E-state index contributed by atoms with van der Waals surface area (Å²) < 4.78 is 12.9. The molecule has 0 aliphatic carbocycles. The fourth-order valence-electron chi connectivity index (χ4n) is 1.26. The Hall–Kier alpha value is -0.970. The molecule has 0 aliphatic rings. The molecule has 0 amide bonds. The molecule has 0 saturated heterocycles. The van der Waals surface area contributed by atoms with E-state index in [4.69, 9.17) is 11.6 Å². The summed E-state index contributed by atoms with van der Waals surface area (Å²) in [6.07, 6.45) is -0.607. The lowest BCUT2D eigenvalue weighted by Crippen LogP contribution is -1.90. The van der Waals surface area contributed by atoms with E-state index in [1.54, 1.807) is 18.4 Å². The summed E-state index contributed by atoms with van der Waals surface area (Å²) in [5.41, 5.74) is 1.28. The maximum absolute atomic E-state index is 12.9. The van der Waals surface area contributed by atoms with Crippen LogP contribution in [0.3, 0.4) is 0 Å². The molecule has 0 fully saturated rings. The van der Waals surface area contributed by atoms with Crippen LogP contribution in [-0.4, -0.2) is 10.1 Å². The molecule has 16 heavy (non-hydrogen) atoms. The van der Waals surface area contributed by atoms with E-state index in [9.17, 15) is 9.50 Å². The molecule has 0 aliphatic heterocycles. The van der Waals surface area contributed by atoms with Crippen LogP contribution in [-0.2, 0) is 0 Å². The summed E-state index contributed by atoms with van der Waals surface area (Å²) in [6, 6.07) is 4.17. The summed E-state index contributed by atoms with van der Waals surface area (Å²) in [7, 11) is 0. The first-order valence-corrected chi connectivity index (χ1v) is 5.92. The number of thiazole rings is 1. The molecule has 2 nitrogen and oxygen atoms in total. The van der Waals surface area contributed by atoms with Crippen molar-refractivity contribution in [2.45, 2.75) is 13.0 Å². The Morgan fingerprint density at radius 3 is 2.81 bits per heavy atom. The predicted octanol–water partition coefficient (Wildman–Crippen LogP) is 3.66. The summed E-state index contributed by atoms with van der Waals surface area (Å²) in [5.74, 6) is -0.374. The van der Waals surface area contributed by atoms with E-state index < -0.39 is 6.10 Å². The number of hydrogen-bond acceptors (Lipinski definition) is 3. The molecule has 0 saturated carbocycles. The zero-order valence-electron chi connectivity index (χ0n) is 8.45. The Balaban J connectivity index is 2.42. The fraction of sp³-hybridized carbons (Fsp3) is 0.182. The van der Waals surface area contributed by atoms with Gasteiger partial charge in [-0.05, 0) is 25.1 Å². The van der Waals surface area contributed by atoms with E-state index in [2.05, 4.69) is 4.98 Å². The van der Waals surface area contributed by atoms with Gasteiger partial charge in [0.2, 0.25) is 0 Å². The average molecular weight is 258 g/mol. The lowest BCUT2D eigenvalue weighted by molar-refractivity contribution is 0.195. The van der Waals surface area contributed by atoms with Crippen LogP contribution < -0.4 is 0 Å². The first-order chi connectivity index (χ1) is 7.58. The van der Waals surface area contributed by atoms with Gasteiger partial charge in [0.25, 0.3) is 0 Å². The Bertz CT molecular complexity index is 512. The maximum Gasteiger partial charge on any atom is 0.125 e. The van der Waals surface area contributed by atoms with Crippen molar-refractivity contribution < 1.29 is 9.50 Å². The molecule has 0 bridgehead atoms. The van der Waals surface area contributed by atoms with Crippen LogP contribution in [0.4, 0.5) is 4.39 Å². The minimum atomic E-state index is -0.607. The van der Waals surface area contributed by atoms with Gasteiger partial charge in [0, 0.05) is 10.9 Å². The zero-order chi connectivity index (χ0) is 11.7. The smallest absolute Gasteiger partial charge is 0.125 e. The molecular weight excluding hydrogens is 249 g/mol. The van der Waals surface area contributed by atoms with Gasteiger partial charge in [-0.2, -0.15) is 0 Å². The van der Waals surface area contributed by atoms with Crippen molar-refractivity contribution in [3.05, 3.63) is 40.1 Å². The Labute approximate surface area is 101 Å². The normalized spacial score (nSPS) is 12.8. The number of aromatic nitrogens is 1. The van der Waals surface area contributed by atoms with Crippen LogP contribution in [0.25, 0.3) is 10.6 Å². The number of aliphatic hydroxyl groups excluding tert-OH is 1. The molecular formula is C11H9ClFNOS. The predicted molar refractivity (Wildman–Crippen MR) is 63.2 cm³/mol. The lowest BCUT2D eigenvalue weighted by Gasteiger charge is -2.00. The highest BCUT2D eigenvalue weighted by atomic mass is 35.5. The van der Waals surface area contributed by atoms with Crippen LogP contribution in [0.1, 0.15) is 18.7 Å². The van der Waals surface area contributed by atoms with E-state index in [0.29, 0.717) is 21.3 Å². The van der Waals surface area contributed by atoms with E-state index in [-0.39, 0.29) is 5.82 Å². The topological polar surface area (TPSA) is 33.1 Å². The number of aliphatic hydroxyl groups is 1. The number of halogens is 2. The Morgan fingerprint density at radius 2 is 2.25 bits per heavy atom. The van der Waals surface area contributed by atoms with Gasteiger partial charge in [-0.1, -0.05) is 11.6 Å². The van der Waals surface area contributed by atoms with Gasteiger partial charge in [-0.25, -0.2) is 9.37 Å². The molecule has 84 valence electrons. The third-order valence-electron chi connectivity index (χ3n) is 2.11. The van der Waals surface area contributed by atoms with Crippen LogP contribution >= 0.6 is 22.9 Å². The van der Waals surface area contributed by atoms with Crippen molar-refractivity contribution in [3.8, 4) is 10.6 Å². The highest BCUT2D eigenvalue weighted by Crippen LogP contribution is 2.31. The second-order valence-corrected chi connectivity index (χ2v) is 4.64. The summed E-state index contributed by atoms with van der Waals surface area (Å²) in [5, 5.41) is 12.1. The average Bonchev–Trinajstić information content (AvgIpc) is 2.66. The fourth-order valence-corrected chi connectivity index (χ4v) is 2.52. The molecule has 2 rings (SSSR count). The summed E-state index contributed by atoms with van der Waals surface area (Å²) >= 11 is 7.29. The van der Waals surface area contributed by atoms with E-state index in [1.165, 1.54) is 23.5 Å². The monoisotopic (exact) mass is 257 g/mol. The van der Waals surface area contributed by atoms with Crippen LogP contribution in [0.5, 0.6) is 0 Å². The number of hydrogen-bond donors (Lipinski definition) is 1. The highest BCUT2D eigenvalue weighted by Gasteiger charge is 2.11. The highest BCUT2D eigenvalue weighted by molar-refractivity contribution is 7.13. The van der Waals surface area contributed by atoms with Gasteiger partial charge in [0.05, 0.1) is 16.8 Å². The van der Waals surface area contributed by atoms with Gasteiger partial charge in [-0.15, -0.1) is 11.3 Å². The van der Waals surface area contributed by atoms with Gasteiger partial charge in [0.15, 0.2) is 0 Å². The SMILES string of the molecule is CC(O)c1csc(-c2ccc(F)cc2Cl)n1. The third kappa shape index (κ3) is 2.24. The largest absolute Gasteiger partial charge is 0.387 e. The van der Waals surface area contributed by atoms with Gasteiger partial charge in [-0.3, -0.25) is 0 Å². The van der Waals surface area contributed by atoms with Crippen molar-refractivity contribution in [2.75, 3.05) is 0 Å². The first-order valence-electron chi connectivity index (χ1n) is 4.67. The lowest BCUT2D eigenvalue weighted by atomic mass is 10.2. The van der Waals surface area contributed by atoms with Crippen LogP contribution in [0, 0.1) is 5.82 Å². The molecule has 1 atom stereocenters. The first kappa shape index (κ1) is 11.5. The summed E-state index contributed by atoms with van der Waals surface area (Å²) in [6.45, 7) is 1.64.